The fourth-order valence-corrected chi connectivity index (χ4v) is 2.43. The van der Waals surface area contributed by atoms with Crippen LogP contribution in [0, 0.1) is 0 Å². The number of anilines is 1. The van der Waals surface area contributed by atoms with Crippen molar-refractivity contribution < 1.29 is 23.0 Å². The molecule has 5 nitrogen and oxygen atoms in total. The fraction of sp³-hybridized carbons (Fsp3) is 0.316. The molecule has 2 N–H and O–H groups in total. The van der Waals surface area contributed by atoms with Crippen LogP contribution in [0.15, 0.2) is 48.5 Å². The van der Waals surface area contributed by atoms with Gasteiger partial charge in [-0.15, -0.1) is 0 Å². The molecule has 2 amide bonds. The number of carbonyl (C=O) groups excluding carboxylic acids is 1. The third-order valence-corrected chi connectivity index (χ3v) is 3.72. The van der Waals surface area contributed by atoms with Crippen LogP contribution >= 0.6 is 0 Å². The van der Waals surface area contributed by atoms with Gasteiger partial charge in [0.05, 0.1) is 7.11 Å². The van der Waals surface area contributed by atoms with E-state index < -0.39 is 12.6 Å². The average molecular weight is 364 g/mol. The summed E-state index contributed by atoms with van der Waals surface area (Å²) in [5.74, 6) is 0.0184. The molecule has 140 valence electrons. The predicted molar refractivity (Wildman–Crippen MR) is 96.0 cm³/mol. The Balaban J connectivity index is 1.88. The maximum absolute atomic E-state index is 12.5. The van der Waals surface area contributed by atoms with Gasteiger partial charge >= 0.3 is 12.6 Å². The van der Waals surface area contributed by atoms with E-state index in [4.69, 9.17) is 4.74 Å². The SMILES string of the molecule is COc1ccc(NC(=O)NC(C)CCc2ccccc2)cc1OC(F)F. The number of halogens is 2. The molecule has 26 heavy (non-hydrogen) atoms. The van der Waals surface area contributed by atoms with Crippen molar-refractivity contribution in [3.8, 4) is 11.5 Å². The summed E-state index contributed by atoms with van der Waals surface area (Å²) >= 11 is 0. The van der Waals surface area contributed by atoms with Crippen LogP contribution in [0.2, 0.25) is 0 Å². The number of carbonyl (C=O) groups is 1. The second-order valence-electron chi connectivity index (χ2n) is 5.77. The summed E-state index contributed by atoms with van der Waals surface area (Å²) in [5.41, 5.74) is 1.53. The van der Waals surface area contributed by atoms with Gasteiger partial charge < -0.3 is 20.1 Å². The second kappa shape index (κ2) is 9.60. The molecule has 0 saturated carbocycles. The zero-order valence-electron chi connectivity index (χ0n) is 14.7. The highest BCUT2D eigenvalue weighted by molar-refractivity contribution is 5.89. The number of rotatable bonds is 8. The summed E-state index contributed by atoms with van der Waals surface area (Å²) in [6.45, 7) is -1.08. The fourth-order valence-electron chi connectivity index (χ4n) is 2.43. The number of alkyl halides is 2. The van der Waals surface area contributed by atoms with Crippen molar-refractivity contribution in [1.29, 1.82) is 0 Å². The van der Waals surface area contributed by atoms with E-state index >= 15 is 0 Å². The number of ether oxygens (including phenoxy) is 2. The maximum Gasteiger partial charge on any atom is 0.387 e. The van der Waals surface area contributed by atoms with Gasteiger partial charge in [0, 0.05) is 17.8 Å². The third kappa shape index (κ3) is 6.23. The summed E-state index contributed by atoms with van der Waals surface area (Å²) in [6, 6.07) is 13.8. The molecule has 0 radical (unpaired) electrons. The van der Waals surface area contributed by atoms with E-state index in [1.54, 1.807) is 6.07 Å². The van der Waals surface area contributed by atoms with Crippen LogP contribution in [0.1, 0.15) is 18.9 Å². The number of aryl methyl sites for hydroxylation is 1. The molecule has 0 aromatic heterocycles. The first-order valence-corrected chi connectivity index (χ1v) is 8.22. The lowest BCUT2D eigenvalue weighted by Gasteiger charge is -2.16. The highest BCUT2D eigenvalue weighted by Crippen LogP contribution is 2.31. The van der Waals surface area contributed by atoms with E-state index in [0.717, 1.165) is 12.8 Å². The van der Waals surface area contributed by atoms with Crippen molar-refractivity contribution in [2.45, 2.75) is 32.4 Å². The first-order chi connectivity index (χ1) is 12.5. The Morgan fingerprint density at radius 1 is 1.12 bits per heavy atom. The molecule has 0 heterocycles. The van der Waals surface area contributed by atoms with Crippen molar-refractivity contribution >= 4 is 11.7 Å². The topological polar surface area (TPSA) is 59.6 Å². The van der Waals surface area contributed by atoms with E-state index in [9.17, 15) is 13.6 Å². The van der Waals surface area contributed by atoms with Crippen molar-refractivity contribution in [1.82, 2.24) is 5.32 Å². The van der Waals surface area contributed by atoms with E-state index in [1.807, 2.05) is 37.3 Å². The molecule has 1 unspecified atom stereocenters. The molecule has 2 aromatic rings. The molecule has 2 aromatic carbocycles. The Morgan fingerprint density at radius 2 is 1.85 bits per heavy atom. The lowest BCUT2D eigenvalue weighted by molar-refractivity contribution is -0.0511. The van der Waals surface area contributed by atoms with Crippen LogP contribution in [0.25, 0.3) is 0 Å². The highest BCUT2D eigenvalue weighted by Gasteiger charge is 2.13. The summed E-state index contributed by atoms with van der Waals surface area (Å²) in [4.78, 5) is 12.1. The quantitative estimate of drug-likeness (QED) is 0.728. The van der Waals surface area contributed by atoms with Gasteiger partial charge in [-0.3, -0.25) is 0 Å². The molecular weight excluding hydrogens is 342 g/mol. The Morgan fingerprint density at radius 3 is 2.50 bits per heavy atom. The molecule has 0 aliphatic carbocycles. The average Bonchev–Trinajstić information content (AvgIpc) is 2.60. The van der Waals surface area contributed by atoms with Crippen molar-refractivity contribution in [2.75, 3.05) is 12.4 Å². The monoisotopic (exact) mass is 364 g/mol. The van der Waals surface area contributed by atoms with E-state index in [-0.39, 0.29) is 17.5 Å². The Labute approximate surface area is 151 Å². The predicted octanol–water partition coefficient (Wildman–Crippen LogP) is 4.44. The van der Waals surface area contributed by atoms with Gasteiger partial charge in [-0.2, -0.15) is 8.78 Å². The number of nitrogens with one attached hydrogen (secondary N) is 2. The molecular formula is C19H22F2N2O3. The second-order valence-corrected chi connectivity index (χ2v) is 5.77. The Hall–Kier alpha value is -2.83. The summed E-state index contributed by atoms with van der Waals surface area (Å²) in [5, 5.41) is 5.42. The molecule has 1 atom stereocenters. The first kappa shape index (κ1) is 19.5. The molecule has 0 saturated heterocycles. The standard InChI is InChI=1S/C19H22F2N2O3/c1-13(8-9-14-6-4-3-5-7-14)22-19(24)23-15-10-11-16(25-2)17(12-15)26-18(20)21/h3-7,10-13,18H,8-9H2,1-2H3,(H2,22,23,24). The minimum absolute atomic E-state index is 0.0507. The summed E-state index contributed by atoms with van der Waals surface area (Å²) in [6.07, 6.45) is 1.62. The zero-order valence-corrected chi connectivity index (χ0v) is 14.7. The zero-order chi connectivity index (χ0) is 18.9. The largest absolute Gasteiger partial charge is 0.493 e. The lowest BCUT2D eigenvalue weighted by atomic mass is 10.1. The van der Waals surface area contributed by atoms with E-state index in [1.165, 1.54) is 24.8 Å². The number of hydrogen-bond acceptors (Lipinski definition) is 3. The number of hydrogen-bond donors (Lipinski definition) is 2. The van der Waals surface area contributed by atoms with Crippen molar-refractivity contribution in [3.05, 3.63) is 54.1 Å². The number of urea groups is 1. The number of benzene rings is 2. The van der Waals surface area contributed by atoms with Crippen molar-refractivity contribution in [2.24, 2.45) is 0 Å². The maximum atomic E-state index is 12.5. The highest BCUT2D eigenvalue weighted by atomic mass is 19.3. The van der Waals surface area contributed by atoms with Gasteiger partial charge in [0.2, 0.25) is 0 Å². The van der Waals surface area contributed by atoms with Gasteiger partial charge in [0.1, 0.15) is 0 Å². The van der Waals surface area contributed by atoms with Crippen LogP contribution in [0.5, 0.6) is 11.5 Å². The van der Waals surface area contributed by atoms with Gasteiger partial charge in [0.15, 0.2) is 11.5 Å². The van der Waals surface area contributed by atoms with E-state index in [2.05, 4.69) is 15.4 Å². The van der Waals surface area contributed by atoms with Crippen LogP contribution < -0.4 is 20.1 Å². The van der Waals surface area contributed by atoms with Gasteiger partial charge in [0.25, 0.3) is 0 Å². The van der Waals surface area contributed by atoms with E-state index in [0.29, 0.717) is 5.69 Å². The molecule has 0 fully saturated rings. The third-order valence-electron chi connectivity index (χ3n) is 3.72. The first-order valence-electron chi connectivity index (χ1n) is 8.22. The van der Waals surface area contributed by atoms with Crippen LogP contribution in [-0.2, 0) is 6.42 Å². The van der Waals surface area contributed by atoms with Crippen LogP contribution in [0.3, 0.4) is 0 Å². The summed E-state index contributed by atoms with van der Waals surface area (Å²) < 4.78 is 34.3. The Bertz CT molecular complexity index is 711. The van der Waals surface area contributed by atoms with Crippen LogP contribution in [-0.4, -0.2) is 25.8 Å². The smallest absolute Gasteiger partial charge is 0.387 e. The normalized spacial score (nSPS) is 11.7. The van der Waals surface area contributed by atoms with Gasteiger partial charge in [-0.25, -0.2) is 4.79 Å². The van der Waals surface area contributed by atoms with Crippen molar-refractivity contribution in [3.63, 3.8) is 0 Å². The number of amides is 2. The lowest BCUT2D eigenvalue weighted by Crippen LogP contribution is -2.36. The molecule has 0 aliphatic heterocycles. The number of methoxy groups -OCH3 is 1. The minimum atomic E-state index is -2.98. The molecule has 0 spiro atoms. The van der Waals surface area contributed by atoms with Gasteiger partial charge in [-0.1, -0.05) is 30.3 Å². The summed E-state index contributed by atoms with van der Waals surface area (Å²) in [7, 11) is 1.35. The molecule has 2 rings (SSSR count). The Kier molecular flexibility index (Phi) is 7.20. The van der Waals surface area contributed by atoms with Gasteiger partial charge in [-0.05, 0) is 37.5 Å². The molecule has 0 bridgehead atoms. The minimum Gasteiger partial charge on any atom is -0.493 e. The molecule has 0 aliphatic rings. The van der Waals surface area contributed by atoms with Crippen LogP contribution in [0.4, 0.5) is 19.3 Å². The molecule has 7 heteroatoms.